The van der Waals surface area contributed by atoms with Gasteiger partial charge in [0.25, 0.3) is 0 Å². The van der Waals surface area contributed by atoms with Gasteiger partial charge in [-0.1, -0.05) is 24.3 Å². The number of hydrogen-bond donors (Lipinski definition) is 1. The summed E-state index contributed by atoms with van der Waals surface area (Å²) in [6, 6.07) is 7.39. The Hall–Kier alpha value is -1.86. The molecule has 1 aromatic rings. The highest BCUT2D eigenvalue weighted by molar-refractivity contribution is 7.98. The van der Waals surface area contributed by atoms with Crippen LogP contribution in [0.4, 0.5) is 0 Å². The predicted molar refractivity (Wildman–Crippen MR) is 104 cm³/mol. The van der Waals surface area contributed by atoms with E-state index < -0.39 is 29.4 Å². The summed E-state index contributed by atoms with van der Waals surface area (Å²) >= 11 is 1.60. The van der Waals surface area contributed by atoms with E-state index in [4.69, 9.17) is 4.74 Å². The summed E-state index contributed by atoms with van der Waals surface area (Å²) in [6.45, 7) is 4.07. The fourth-order valence-corrected chi connectivity index (χ4v) is 5.07. The highest BCUT2D eigenvalue weighted by Gasteiger charge is 2.68. The maximum Gasteiger partial charge on any atom is 0.326 e. The number of imide groups is 1. The number of likely N-dealkylation sites (tertiary alicyclic amines) is 1. The number of nitrogens with one attached hydrogen (secondary N) is 1. The van der Waals surface area contributed by atoms with Crippen LogP contribution in [0.5, 0.6) is 0 Å². The first-order chi connectivity index (χ1) is 12.9. The molecule has 0 radical (unpaired) electrons. The van der Waals surface area contributed by atoms with Gasteiger partial charge in [-0.3, -0.25) is 24.6 Å². The molecule has 0 saturated carbocycles. The Balaban J connectivity index is 2.16. The molecule has 146 valence electrons. The van der Waals surface area contributed by atoms with E-state index in [0.29, 0.717) is 18.7 Å². The molecule has 1 N–H and O–H groups in total. The lowest BCUT2D eigenvalue weighted by atomic mass is 9.77. The van der Waals surface area contributed by atoms with E-state index >= 15 is 0 Å². The van der Waals surface area contributed by atoms with Gasteiger partial charge >= 0.3 is 5.97 Å². The fourth-order valence-electron chi connectivity index (χ4n) is 4.54. The molecular formula is C20H26N2O4S. The number of carbonyl (C=O) groups excluding carboxylic acids is 3. The smallest absolute Gasteiger partial charge is 0.326 e. The summed E-state index contributed by atoms with van der Waals surface area (Å²) in [6.07, 6.45) is 2.39. The van der Waals surface area contributed by atoms with Gasteiger partial charge in [-0.05, 0) is 43.4 Å². The van der Waals surface area contributed by atoms with E-state index in [2.05, 4.69) is 5.32 Å². The molecule has 3 rings (SSSR count). The van der Waals surface area contributed by atoms with Crippen molar-refractivity contribution in [3.8, 4) is 0 Å². The van der Waals surface area contributed by atoms with E-state index in [-0.39, 0.29) is 11.8 Å². The molecular weight excluding hydrogens is 364 g/mol. The van der Waals surface area contributed by atoms with Crippen molar-refractivity contribution in [2.75, 3.05) is 25.7 Å². The van der Waals surface area contributed by atoms with Gasteiger partial charge in [0.2, 0.25) is 11.8 Å². The van der Waals surface area contributed by atoms with Crippen molar-refractivity contribution in [3.63, 3.8) is 0 Å². The van der Waals surface area contributed by atoms with Crippen molar-refractivity contribution in [1.29, 1.82) is 0 Å². The summed E-state index contributed by atoms with van der Waals surface area (Å²) in [5, 5.41) is 3.40. The van der Waals surface area contributed by atoms with Crippen LogP contribution in [0.3, 0.4) is 0 Å². The first-order valence-corrected chi connectivity index (χ1v) is 10.6. The monoisotopic (exact) mass is 390 g/mol. The van der Waals surface area contributed by atoms with E-state index in [0.717, 1.165) is 11.1 Å². The van der Waals surface area contributed by atoms with Crippen LogP contribution < -0.4 is 5.32 Å². The zero-order chi connectivity index (χ0) is 19.8. The van der Waals surface area contributed by atoms with Crippen LogP contribution in [0.15, 0.2) is 24.3 Å². The molecule has 4 atom stereocenters. The molecule has 6 nitrogen and oxygen atoms in total. The fraction of sp³-hybridized carbons (Fsp3) is 0.550. The quantitative estimate of drug-likeness (QED) is 0.591. The number of benzene rings is 1. The van der Waals surface area contributed by atoms with Crippen molar-refractivity contribution in [1.82, 2.24) is 10.2 Å². The number of carbonyl (C=O) groups is 3. The highest BCUT2D eigenvalue weighted by Crippen LogP contribution is 2.51. The molecule has 2 fully saturated rings. The van der Waals surface area contributed by atoms with Gasteiger partial charge in [0.05, 0.1) is 18.9 Å². The maximum atomic E-state index is 13.1. The minimum atomic E-state index is -1.19. The molecule has 0 unspecified atom stereocenters. The number of methoxy groups -OCH3 is 1. The average Bonchev–Trinajstić information content (AvgIpc) is 3.14. The zero-order valence-electron chi connectivity index (χ0n) is 16.2. The number of nitrogens with zero attached hydrogens (tertiary/aromatic N) is 1. The summed E-state index contributed by atoms with van der Waals surface area (Å²) in [4.78, 5) is 40.5. The summed E-state index contributed by atoms with van der Waals surface area (Å²) < 4.78 is 5.12. The van der Waals surface area contributed by atoms with Gasteiger partial charge in [0.15, 0.2) is 0 Å². The maximum absolute atomic E-state index is 13.1. The number of ether oxygens (including phenoxy) is 1. The molecule has 0 spiro atoms. The van der Waals surface area contributed by atoms with Crippen LogP contribution in [-0.2, 0) is 19.1 Å². The molecule has 1 aromatic carbocycles. The van der Waals surface area contributed by atoms with Crippen LogP contribution in [0, 0.1) is 18.8 Å². The van der Waals surface area contributed by atoms with Crippen molar-refractivity contribution in [2.45, 2.75) is 31.8 Å². The van der Waals surface area contributed by atoms with Gasteiger partial charge in [-0.15, -0.1) is 0 Å². The molecule has 27 heavy (non-hydrogen) atoms. The van der Waals surface area contributed by atoms with Crippen LogP contribution in [0.1, 0.15) is 30.5 Å². The average molecular weight is 391 g/mol. The standard InChI is InChI=1S/C20H26N2O4S/c1-5-22-17(23)14-15(18(22)24)20(10-11-27-4,19(25)26-3)21-16(14)13-9-7-6-8-12(13)2/h6-9,14-16,21H,5,10-11H2,1-4H3/t14-,15+,16-,20-/m1/s1. The Morgan fingerprint density at radius 3 is 2.59 bits per heavy atom. The van der Waals surface area contributed by atoms with Gasteiger partial charge in [0.1, 0.15) is 5.54 Å². The summed E-state index contributed by atoms with van der Waals surface area (Å²) in [5.41, 5.74) is 0.780. The van der Waals surface area contributed by atoms with Crippen molar-refractivity contribution < 1.29 is 19.1 Å². The Labute approximate surface area is 164 Å². The molecule has 2 amide bonds. The third kappa shape index (κ3) is 2.97. The molecule has 2 aliphatic heterocycles. The van der Waals surface area contributed by atoms with Crippen molar-refractivity contribution >= 4 is 29.5 Å². The number of fused-ring (bicyclic) bond motifs is 1. The molecule has 0 bridgehead atoms. The highest BCUT2D eigenvalue weighted by atomic mass is 32.2. The number of rotatable bonds is 6. The minimum Gasteiger partial charge on any atom is -0.468 e. The van der Waals surface area contributed by atoms with Gasteiger partial charge in [-0.25, -0.2) is 0 Å². The van der Waals surface area contributed by atoms with Gasteiger partial charge < -0.3 is 4.74 Å². The number of aryl methyl sites for hydroxylation is 1. The summed E-state index contributed by atoms with van der Waals surface area (Å²) in [5.74, 6) is -1.61. The molecule has 0 aliphatic carbocycles. The lowest BCUT2D eigenvalue weighted by molar-refractivity contribution is -0.154. The molecule has 2 saturated heterocycles. The molecule has 0 aromatic heterocycles. The van der Waals surface area contributed by atoms with Crippen LogP contribution in [-0.4, -0.2) is 53.9 Å². The van der Waals surface area contributed by atoms with Gasteiger partial charge in [0, 0.05) is 12.6 Å². The number of amides is 2. The van der Waals surface area contributed by atoms with Crippen LogP contribution >= 0.6 is 11.8 Å². The normalized spacial score (nSPS) is 29.9. The number of thioether (sulfide) groups is 1. The van der Waals surface area contributed by atoms with Gasteiger partial charge in [-0.2, -0.15) is 11.8 Å². The zero-order valence-corrected chi connectivity index (χ0v) is 17.0. The van der Waals surface area contributed by atoms with Crippen LogP contribution in [0.2, 0.25) is 0 Å². The first-order valence-electron chi connectivity index (χ1n) is 9.18. The molecule has 7 heteroatoms. The topological polar surface area (TPSA) is 75.7 Å². The van der Waals surface area contributed by atoms with E-state index in [1.54, 1.807) is 18.7 Å². The third-order valence-corrected chi connectivity index (χ3v) is 6.45. The molecule has 2 aliphatic rings. The Morgan fingerprint density at radius 1 is 1.30 bits per heavy atom. The second kappa shape index (κ2) is 7.64. The first kappa shape index (κ1) is 19.9. The predicted octanol–water partition coefficient (Wildman–Crippen LogP) is 1.93. The van der Waals surface area contributed by atoms with E-state index in [1.165, 1.54) is 12.0 Å². The second-order valence-electron chi connectivity index (χ2n) is 7.11. The minimum absolute atomic E-state index is 0.205. The second-order valence-corrected chi connectivity index (χ2v) is 8.09. The summed E-state index contributed by atoms with van der Waals surface area (Å²) in [7, 11) is 1.33. The van der Waals surface area contributed by atoms with E-state index in [1.807, 2.05) is 37.4 Å². The lowest BCUT2D eigenvalue weighted by Gasteiger charge is -2.32. The number of esters is 1. The Kier molecular flexibility index (Phi) is 5.63. The Morgan fingerprint density at radius 2 is 2.00 bits per heavy atom. The number of hydrogen-bond acceptors (Lipinski definition) is 6. The molecule has 2 heterocycles. The Bertz CT molecular complexity index is 768. The lowest BCUT2D eigenvalue weighted by Crippen LogP contribution is -2.56. The van der Waals surface area contributed by atoms with Crippen molar-refractivity contribution in [2.24, 2.45) is 11.8 Å². The largest absolute Gasteiger partial charge is 0.468 e. The SMILES string of the molecule is CCN1C(=O)[C@H]2[C@@H](c3ccccc3C)N[C@@](CCSC)(C(=O)OC)[C@@H]2C1=O. The van der Waals surface area contributed by atoms with Crippen LogP contribution in [0.25, 0.3) is 0 Å². The van der Waals surface area contributed by atoms with E-state index in [9.17, 15) is 14.4 Å². The third-order valence-electron chi connectivity index (χ3n) is 5.84. The van der Waals surface area contributed by atoms with Crippen molar-refractivity contribution in [3.05, 3.63) is 35.4 Å².